The van der Waals surface area contributed by atoms with Crippen LogP contribution in [-0.4, -0.2) is 73.6 Å². The first kappa shape index (κ1) is 23.2. The lowest BCUT2D eigenvalue weighted by Crippen LogP contribution is -2.54. The summed E-state index contributed by atoms with van der Waals surface area (Å²) in [5, 5.41) is 8.80. The van der Waals surface area contributed by atoms with Gasteiger partial charge in [-0.05, 0) is 50.6 Å². The molecule has 1 fully saturated rings. The van der Waals surface area contributed by atoms with E-state index in [1.54, 1.807) is 24.3 Å². The standard InChI is InChI=1S/C22H37N5O2/c1-6-17(4)24-21(28)18-7-9-19(10-8-18)25-22(29)23-15-20(16(2)3)27-13-11-26(5)12-14-27/h7-10,16-17,20H,6,11-15H2,1-5H3,(H,24,28)(H2,23,25,29). The van der Waals surface area contributed by atoms with E-state index in [4.69, 9.17) is 0 Å². The second kappa shape index (κ2) is 11.2. The van der Waals surface area contributed by atoms with E-state index in [1.165, 1.54) is 0 Å². The fourth-order valence-corrected chi connectivity index (χ4v) is 3.43. The maximum atomic E-state index is 12.3. The number of hydrogen-bond donors (Lipinski definition) is 3. The van der Waals surface area contributed by atoms with E-state index in [0.717, 1.165) is 32.6 Å². The number of carbonyl (C=O) groups excluding carboxylic acids is 2. The Labute approximate surface area is 175 Å². The van der Waals surface area contributed by atoms with Crippen LogP contribution in [-0.2, 0) is 0 Å². The highest BCUT2D eigenvalue weighted by molar-refractivity contribution is 5.95. The Morgan fingerprint density at radius 3 is 2.21 bits per heavy atom. The smallest absolute Gasteiger partial charge is 0.319 e. The highest BCUT2D eigenvalue weighted by atomic mass is 16.2. The molecule has 1 heterocycles. The average molecular weight is 404 g/mol. The molecule has 1 aliphatic heterocycles. The molecule has 0 saturated carbocycles. The monoisotopic (exact) mass is 403 g/mol. The molecule has 1 aromatic carbocycles. The zero-order valence-electron chi connectivity index (χ0n) is 18.5. The van der Waals surface area contributed by atoms with E-state index in [-0.39, 0.29) is 18.0 Å². The molecule has 3 N–H and O–H groups in total. The first-order valence-corrected chi connectivity index (χ1v) is 10.7. The summed E-state index contributed by atoms with van der Waals surface area (Å²) < 4.78 is 0. The Kier molecular flexibility index (Phi) is 8.92. The van der Waals surface area contributed by atoms with Crippen molar-refractivity contribution in [2.45, 2.75) is 46.2 Å². The molecule has 7 nitrogen and oxygen atoms in total. The van der Waals surface area contributed by atoms with Gasteiger partial charge < -0.3 is 20.9 Å². The molecule has 2 atom stereocenters. The topological polar surface area (TPSA) is 76.7 Å². The second-order valence-corrected chi connectivity index (χ2v) is 8.35. The van der Waals surface area contributed by atoms with Crippen LogP contribution in [0.25, 0.3) is 0 Å². The maximum Gasteiger partial charge on any atom is 0.319 e. The van der Waals surface area contributed by atoms with Crippen LogP contribution in [0.1, 0.15) is 44.5 Å². The number of nitrogens with zero attached hydrogens (tertiary/aromatic N) is 2. The summed E-state index contributed by atoms with van der Waals surface area (Å²) in [6.07, 6.45) is 0.886. The van der Waals surface area contributed by atoms with Crippen molar-refractivity contribution in [2.24, 2.45) is 5.92 Å². The van der Waals surface area contributed by atoms with Gasteiger partial charge in [-0.1, -0.05) is 20.8 Å². The zero-order chi connectivity index (χ0) is 21.4. The number of piperazine rings is 1. The molecule has 0 spiro atoms. The molecule has 2 unspecified atom stereocenters. The van der Waals surface area contributed by atoms with Crippen LogP contribution in [0.15, 0.2) is 24.3 Å². The summed E-state index contributed by atoms with van der Waals surface area (Å²) in [6.45, 7) is 13.2. The van der Waals surface area contributed by atoms with E-state index in [0.29, 0.717) is 29.8 Å². The minimum atomic E-state index is -0.221. The molecular weight excluding hydrogens is 366 g/mol. The minimum Gasteiger partial charge on any atom is -0.350 e. The number of rotatable bonds is 8. The molecule has 0 radical (unpaired) electrons. The van der Waals surface area contributed by atoms with Crippen molar-refractivity contribution in [3.63, 3.8) is 0 Å². The van der Waals surface area contributed by atoms with Crippen molar-refractivity contribution < 1.29 is 9.59 Å². The van der Waals surface area contributed by atoms with Crippen LogP contribution in [0, 0.1) is 5.92 Å². The predicted molar refractivity (Wildman–Crippen MR) is 118 cm³/mol. The normalized spacial score (nSPS) is 17.6. The first-order chi connectivity index (χ1) is 13.8. The second-order valence-electron chi connectivity index (χ2n) is 8.35. The van der Waals surface area contributed by atoms with Crippen molar-refractivity contribution in [2.75, 3.05) is 45.1 Å². The Balaban J connectivity index is 1.84. The maximum absolute atomic E-state index is 12.3. The molecule has 2 rings (SSSR count). The molecule has 0 bridgehead atoms. The minimum absolute atomic E-state index is 0.0951. The van der Waals surface area contributed by atoms with Crippen LogP contribution < -0.4 is 16.0 Å². The lowest BCUT2D eigenvalue weighted by Gasteiger charge is -2.39. The Morgan fingerprint density at radius 2 is 1.66 bits per heavy atom. The third-order valence-corrected chi connectivity index (χ3v) is 5.64. The van der Waals surface area contributed by atoms with Gasteiger partial charge in [-0.25, -0.2) is 4.79 Å². The molecule has 3 amide bonds. The molecule has 0 aliphatic carbocycles. The Morgan fingerprint density at radius 1 is 1.03 bits per heavy atom. The lowest BCUT2D eigenvalue weighted by atomic mass is 10.0. The van der Waals surface area contributed by atoms with Gasteiger partial charge in [0.1, 0.15) is 0 Å². The van der Waals surface area contributed by atoms with Crippen molar-refractivity contribution in [3.8, 4) is 0 Å². The Hall–Kier alpha value is -2.12. The number of benzene rings is 1. The van der Waals surface area contributed by atoms with Crippen LogP contribution in [0.4, 0.5) is 10.5 Å². The SMILES string of the molecule is CCC(C)NC(=O)c1ccc(NC(=O)NCC(C(C)C)N2CCN(C)CC2)cc1. The van der Waals surface area contributed by atoms with Crippen LogP contribution >= 0.6 is 0 Å². The molecule has 162 valence electrons. The molecular formula is C22H37N5O2. The van der Waals surface area contributed by atoms with Crippen LogP contribution in [0.5, 0.6) is 0 Å². The molecule has 1 saturated heterocycles. The predicted octanol–water partition coefficient (Wildman–Crippen LogP) is 2.61. The first-order valence-electron chi connectivity index (χ1n) is 10.7. The number of anilines is 1. The summed E-state index contributed by atoms with van der Waals surface area (Å²) >= 11 is 0. The largest absolute Gasteiger partial charge is 0.350 e. The fourth-order valence-electron chi connectivity index (χ4n) is 3.43. The number of likely N-dealkylation sites (N-methyl/N-ethyl adjacent to an activating group) is 1. The van der Waals surface area contributed by atoms with Gasteiger partial charge in [-0.15, -0.1) is 0 Å². The summed E-state index contributed by atoms with van der Waals surface area (Å²) in [7, 11) is 2.15. The van der Waals surface area contributed by atoms with Crippen LogP contribution in [0.3, 0.4) is 0 Å². The third kappa shape index (κ3) is 7.33. The van der Waals surface area contributed by atoms with Crippen molar-refractivity contribution in [3.05, 3.63) is 29.8 Å². The third-order valence-electron chi connectivity index (χ3n) is 5.64. The van der Waals surface area contributed by atoms with Crippen molar-refractivity contribution >= 4 is 17.6 Å². The van der Waals surface area contributed by atoms with Crippen molar-refractivity contribution in [1.29, 1.82) is 0 Å². The number of carbonyl (C=O) groups is 2. The number of amides is 3. The van der Waals surface area contributed by atoms with Gasteiger partial charge in [0.25, 0.3) is 5.91 Å². The molecule has 29 heavy (non-hydrogen) atoms. The summed E-state index contributed by atoms with van der Waals surface area (Å²) in [5.41, 5.74) is 1.26. The van der Waals surface area contributed by atoms with Gasteiger partial charge in [-0.3, -0.25) is 9.69 Å². The van der Waals surface area contributed by atoms with E-state index in [2.05, 4.69) is 46.6 Å². The van der Waals surface area contributed by atoms with E-state index < -0.39 is 0 Å². The lowest BCUT2D eigenvalue weighted by molar-refractivity contribution is 0.0890. The van der Waals surface area contributed by atoms with Gasteiger partial charge in [0.2, 0.25) is 0 Å². The van der Waals surface area contributed by atoms with E-state index >= 15 is 0 Å². The van der Waals surface area contributed by atoms with Gasteiger partial charge in [0, 0.05) is 56.1 Å². The Bertz CT molecular complexity index is 654. The van der Waals surface area contributed by atoms with Crippen LogP contribution in [0.2, 0.25) is 0 Å². The van der Waals surface area contributed by atoms with E-state index in [1.807, 2.05) is 13.8 Å². The van der Waals surface area contributed by atoms with Gasteiger partial charge >= 0.3 is 6.03 Å². The number of nitrogens with one attached hydrogen (secondary N) is 3. The summed E-state index contributed by atoms with van der Waals surface area (Å²) in [5.74, 6) is 0.365. The molecule has 1 aliphatic rings. The number of hydrogen-bond acceptors (Lipinski definition) is 4. The van der Waals surface area contributed by atoms with Gasteiger partial charge in [0.15, 0.2) is 0 Å². The quantitative estimate of drug-likeness (QED) is 0.624. The molecule has 7 heteroatoms. The average Bonchev–Trinajstić information content (AvgIpc) is 2.69. The highest BCUT2D eigenvalue weighted by Gasteiger charge is 2.25. The fraction of sp³-hybridized carbons (Fsp3) is 0.636. The highest BCUT2D eigenvalue weighted by Crippen LogP contribution is 2.13. The van der Waals surface area contributed by atoms with E-state index in [9.17, 15) is 9.59 Å². The molecule has 1 aromatic rings. The van der Waals surface area contributed by atoms with Gasteiger partial charge in [-0.2, -0.15) is 0 Å². The zero-order valence-corrected chi connectivity index (χ0v) is 18.5. The summed E-state index contributed by atoms with van der Waals surface area (Å²) in [6, 6.07) is 7.21. The van der Waals surface area contributed by atoms with Gasteiger partial charge in [0.05, 0.1) is 0 Å². The van der Waals surface area contributed by atoms with Crippen molar-refractivity contribution in [1.82, 2.24) is 20.4 Å². The number of urea groups is 1. The molecule has 0 aromatic heterocycles. The summed E-state index contributed by atoms with van der Waals surface area (Å²) in [4.78, 5) is 29.3.